The van der Waals surface area contributed by atoms with Crippen molar-refractivity contribution in [3.63, 3.8) is 0 Å². The fourth-order valence-corrected chi connectivity index (χ4v) is 1.16. The summed E-state index contributed by atoms with van der Waals surface area (Å²) < 4.78 is 0. The van der Waals surface area contributed by atoms with E-state index < -0.39 is 0 Å². The second-order valence-corrected chi connectivity index (χ2v) is 2.58. The molecule has 0 amide bonds. The topological polar surface area (TPSA) is 50.1 Å². The summed E-state index contributed by atoms with van der Waals surface area (Å²) in [6.07, 6.45) is 0. The van der Waals surface area contributed by atoms with Gasteiger partial charge in [-0.1, -0.05) is 0 Å². The van der Waals surface area contributed by atoms with E-state index >= 15 is 0 Å². The molecule has 0 radical (unpaired) electrons. The van der Waals surface area contributed by atoms with E-state index in [0.29, 0.717) is 6.54 Å². The maximum absolute atomic E-state index is 5.58. The van der Waals surface area contributed by atoms with Crippen LogP contribution in [0.1, 0.15) is 5.56 Å². The van der Waals surface area contributed by atoms with Crippen LogP contribution in [0.3, 0.4) is 0 Å². The summed E-state index contributed by atoms with van der Waals surface area (Å²) in [4.78, 5) is 0. The molecule has 0 fully saturated rings. The van der Waals surface area contributed by atoms with E-state index in [2.05, 4.69) is 10.6 Å². The lowest BCUT2D eigenvalue weighted by Gasteiger charge is -2.09. The third-order valence-electron chi connectivity index (χ3n) is 1.88. The van der Waals surface area contributed by atoms with Crippen molar-refractivity contribution >= 4 is 11.4 Å². The van der Waals surface area contributed by atoms with Gasteiger partial charge < -0.3 is 16.4 Å². The normalized spacial score (nSPS) is 9.58. The third kappa shape index (κ3) is 1.68. The number of nitrogens with two attached hydrogens (primary N) is 1. The van der Waals surface area contributed by atoms with Crippen molar-refractivity contribution < 1.29 is 0 Å². The van der Waals surface area contributed by atoms with E-state index in [1.54, 1.807) is 0 Å². The standard InChI is InChI=1S/C9H15N3/c1-11-8-3-4-9(12-2)7(5-8)6-10/h3-5,11-12H,6,10H2,1-2H3. The Bertz CT molecular complexity index is 258. The fraction of sp³-hybridized carbons (Fsp3) is 0.333. The summed E-state index contributed by atoms with van der Waals surface area (Å²) in [6.45, 7) is 0.561. The predicted molar refractivity (Wildman–Crippen MR) is 53.4 cm³/mol. The summed E-state index contributed by atoms with van der Waals surface area (Å²) in [5.74, 6) is 0. The first kappa shape index (κ1) is 8.87. The van der Waals surface area contributed by atoms with Gasteiger partial charge in [-0.2, -0.15) is 0 Å². The van der Waals surface area contributed by atoms with Gasteiger partial charge in [0.25, 0.3) is 0 Å². The highest BCUT2D eigenvalue weighted by Crippen LogP contribution is 2.18. The highest BCUT2D eigenvalue weighted by atomic mass is 14.8. The maximum atomic E-state index is 5.58. The van der Waals surface area contributed by atoms with Crippen LogP contribution >= 0.6 is 0 Å². The molecule has 1 aromatic carbocycles. The number of benzene rings is 1. The molecule has 4 N–H and O–H groups in total. The molecular formula is C9H15N3. The molecule has 0 aliphatic heterocycles. The Morgan fingerprint density at radius 1 is 1.25 bits per heavy atom. The molecule has 0 unspecified atom stereocenters. The van der Waals surface area contributed by atoms with Gasteiger partial charge in [-0.3, -0.25) is 0 Å². The summed E-state index contributed by atoms with van der Waals surface area (Å²) in [5, 5.41) is 6.16. The largest absolute Gasteiger partial charge is 0.388 e. The zero-order valence-electron chi connectivity index (χ0n) is 7.52. The number of anilines is 2. The second-order valence-electron chi connectivity index (χ2n) is 2.58. The van der Waals surface area contributed by atoms with Gasteiger partial charge in [0.05, 0.1) is 0 Å². The van der Waals surface area contributed by atoms with Crippen LogP contribution in [-0.2, 0) is 6.54 Å². The van der Waals surface area contributed by atoms with Crippen molar-refractivity contribution in [1.29, 1.82) is 0 Å². The molecule has 1 aromatic rings. The molecule has 12 heavy (non-hydrogen) atoms. The van der Waals surface area contributed by atoms with Gasteiger partial charge in [0.1, 0.15) is 0 Å². The number of nitrogens with one attached hydrogen (secondary N) is 2. The van der Waals surface area contributed by atoms with E-state index in [1.807, 2.05) is 32.3 Å². The third-order valence-corrected chi connectivity index (χ3v) is 1.88. The highest BCUT2D eigenvalue weighted by molar-refractivity contribution is 5.59. The number of hydrogen-bond acceptors (Lipinski definition) is 3. The monoisotopic (exact) mass is 165 g/mol. The zero-order chi connectivity index (χ0) is 8.97. The first-order valence-corrected chi connectivity index (χ1v) is 4.00. The highest BCUT2D eigenvalue weighted by Gasteiger charge is 1.98. The Kier molecular flexibility index (Phi) is 2.94. The van der Waals surface area contributed by atoms with Crippen molar-refractivity contribution in [2.24, 2.45) is 5.73 Å². The molecule has 3 nitrogen and oxygen atoms in total. The van der Waals surface area contributed by atoms with Gasteiger partial charge in [-0.25, -0.2) is 0 Å². The lowest BCUT2D eigenvalue weighted by atomic mass is 10.1. The maximum Gasteiger partial charge on any atom is 0.0384 e. The lowest BCUT2D eigenvalue weighted by Crippen LogP contribution is -2.02. The van der Waals surface area contributed by atoms with E-state index in [1.165, 1.54) is 0 Å². The van der Waals surface area contributed by atoms with Crippen molar-refractivity contribution in [3.05, 3.63) is 23.8 Å². The molecule has 0 spiro atoms. The van der Waals surface area contributed by atoms with Gasteiger partial charge in [0.2, 0.25) is 0 Å². The van der Waals surface area contributed by atoms with E-state index in [9.17, 15) is 0 Å². The molecule has 0 aliphatic rings. The van der Waals surface area contributed by atoms with Crippen LogP contribution in [0.25, 0.3) is 0 Å². The molecule has 0 aromatic heterocycles. The van der Waals surface area contributed by atoms with Gasteiger partial charge in [0.15, 0.2) is 0 Å². The molecule has 3 heteroatoms. The smallest absolute Gasteiger partial charge is 0.0384 e. The summed E-state index contributed by atoms with van der Waals surface area (Å²) >= 11 is 0. The molecule has 0 bridgehead atoms. The van der Waals surface area contributed by atoms with Crippen LogP contribution in [0.5, 0.6) is 0 Å². The number of rotatable bonds is 3. The van der Waals surface area contributed by atoms with Crippen LogP contribution in [0.15, 0.2) is 18.2 Å². The molecule has 66 valence electrons. The molecule has 0 saturated carbocycles. The minimum absolute atomic E-state index is 0.561. The van der Waals surface area contributed by atoms with Crippen LogP contribution < -0.4 is 16.4 Å². The molecule has 0 heterocycles. The van der Waals surface area contributed by atoms with Crippen LogP contribution in [0.2, 0.25) is 0 Å². The van der Waals surface area contributed by atoms with E-state index in [4.69, 9.17) is 5.73 Å². The lowest BCUT2D eigenvalue weighted by molar-refractivity contribution is 1.07. The Hall–Kier alpha value is -1.22. The SMILES string of the molecule is CNc1ccc(NC)c(CN)c1. The predicted octanol–water partition coefficient (Wildman–Crippen LogP) is 1.23. The van der Waals surface area contributed by atoms with E-state index in [0.717, 1.165) is 16.9 Å². The van der Waals surface area contributed by atoms with Crippen molar-refractivity contribution in [2.45, 2.75) is 6.54 Å². The Balaban J connectivity index is 3.02. The van der Waals surface area contributed by atoms with Crippen LogP contribution in [0.4, 0.5) is 11.4 Å². The van der Waals surface area contributed by atoms with Crippen molar-refractivity contribution in [2.75, 3.05) is 24.7 Å². The number of hydrogen-bond donors (Lipinski definition) is 3. The Labute approximate surface area is 73.0 Å². The average Bonchev–Trinajstić information content (AvgIpc) is 2.16. The molecular weight excluding hydrogens is 150 g/mol. The quantitative estimate of drug-likeness (QED) is 0.631. The Morgan fingerprint density at radius 3 is 2.50 bits per heavy atom. The fourth-order valence-electron chi connectivity index (χ4n) is 1.16. The van der Waals surface area contributed by atoms with Crippen LogP contribution in [-0.4, -0.2) is 14.1 Å². The average molecular weight is 165 g/mol. The zero-order valence-corrected chi connectivity index (χ0v) is 7.52. The van der Waals surface area contributed by atoms with Crippen molar-refractivity contribution in [1.82, 2.24) is 0 Å². The summed E-state index contributed by atoms with van der Waals surface area (Å²) in [5.41, 5.74) is 8.90. The van der Waals surface area contributed by atoms with Crippen molar-refractivity contribution in [3.8, 4) is 0 Å². The molecule has 0 saturated heterocycles. The minimum Gasteiger partial charge on any atom is -0.388 e. The van der Waals surface area contributed by atoms with Crippen LogP contribution in [0, 0.1) is 0 Å². The molecule has 1 rings (SSSR count). The van der Waals surface area contributed by atoms with Gasteiger partial charge in [0, 0.05) is 32.0 Å². The molecule has 0 aliphatic carbocycles. The van der Waals surface area contributed by atoms with Gasteiger partial charge >= 0.3 is 0 Å². The molecule has 0 atom stereocenters. The minimum atomic E-state index is 0.561. The van der Waals surface area contributed by atoms with E-state index in [-0.39, 0.29) is 0 Å². The second kappa shape index (κ2) is 3.97. The first-order chi connectivity index (χ1) is 5.81. The first-order valence-electron chi connectivity index (χ1n) is 4.00. The summed E-state index contributed by atoms with van der Waals surface area (Å²) in [7, 11) is 3.79. The van der Waals surface area contributed by atoms with Gasteiger partial charge in [-0.15, -0.1) is 0 Å². The van der Waals surface area contributed by atoms with Gasteiger partial charge in [-0.05, 0) is 23.8 Å². The summed E-state index contributed by atoms with van der Waals surface area (Å²) in [6, 6.07) is 6.09. The Morgan fingerprint density at radius 2 is 2.00 bits per heavy atom.